The summed E-state index contributed by atoms with van der Waals surface area (Å²) in [4.78, 5) is 15.4. The van der Waals surface area contributed by atoms with Gasteiger partial charge in [0.1, 0.15) is 0 Å². The molecule has 5 nitrogen and oxygen atoms in total. The van der Waals surface area contributed by atoms with Crippen molar-refractivity contribution < 1.29 is 0 Å². The Labute approximate surface area is 120 Å². The highest BCUT2D eigenvalue weighted by molar-refractivity contribution is 5.28. The second-order valence-electron chi connectivity index (χ2n) is 5.09. The lowest BCUT2D eigenvalue weighted by Gasteiger charge is -2.24. The molecule has 0 saturated carbocycles. The fourth-order valence-corrected chi connectivity index (χ4v) is 2.12. The van der Waals surface area contributed by atoms with E-state index in [1.54, 1.807) is 0 Å². The van der Waals surface area contributed by atoms with Gasteiger partial charge in [-0.25, -0.2) is 9.97 Å². The van der Waals surface area contributed by atoms with Crippen molar-refractivity contribution in [2.24, 2.45) is 0 Å². The van der Waals surface area contributed by atoms with E-state index < -0.39 is 0 Å². The van der Waals surface area contributed by atoms with Crippen LogP contribution in [0.2, 0.25) is 0 Å². The van der Waals surface area contributed by atoms with Gasteiger partial charge in [0.2, 0.25) is 5.95 Å². The third-order valence-corrected chi connectivity index (χ3v) is 3.09. The van der Waals surface area contributed by atoms with Crippen LogP contribution in [0, 0.1) is 13.8 Å². The number of aryl methyl sites for hydroxylation is 2. The Balaban J connectivity index is 2.10. The van der Waals surface area contributed by atoms with Crippen molar-refractivity contribution in [1.29, 1.82) is 0 Å². The maximum Gasteiger partial charge on any atom is 0.223 e. The van der Waals surface area contributed by atoms with E-state index in [0.29, 0.717) is 12.5 Å². The summed E-state index contributed by atoms with van der Waals surface area (Å²) in [7, 11) is 4.09. The average Bonchev–Trinajstić information content (AvgIpc) is 2.38. The van der Waals surface area contributed by atoms with Gasteiger partial charge in [-0.2, -0.15) is 0 Å². The minimum Gasteiger partial charge on any atom is -0.352 e. The molecular weight excluding hydrogens is 250 g/mol. The van der Waals surface area contributed by atoms with Gasteiger partial charge < -0.3 is 5.32 Å². The van der Waals surface area contributed by atoms with Crippen molar-refractivity contribution in [1.82, 2.24) is 19.9 Å². The zero-order chi connectivity index (χ0) is 14.5. The standard InChI is InChI=1S/C15H21N5/c1-11-9-12(2)19-15(18-11)17-10-14(20(3)4)13-7-5-6-8-16-13/h5-9,14H,10H2,1-4H3,(H,17,18,19). The van der Waals surface area contributed by atoms with Crippen LogP contribution in [-0.4, -0.2) is 40.5 Å². The van der Waals surface area contributed by atoms with E-state index in [9.17, 15) is 0 Å². The largest absolute Gasteiger partial charge is 0.352 e. The van der Waals surface area contributed by atoms with Crippen LogP contribution in [0.4, 0.5) is 5.95 Å². The van der Waals surface area contributed by atoms with Gasteiger partial charge in [0, 0.05) is 24.1 Å². The molecule has 106 valence electrons. The first kappa shape index (κ1) is 14.4. The molecule has 0 aliphatic heterocycles. The predicted octanol–water partition coefficient (Wildman–Crippen LogP) is 2.20. The summed E-state index contributed by atoms with van der Waals surface area (Å²) in [6, 6.07) is 8.12. The lowest BCUT2D eigenvalue weighted by atomic mass is 10.1. The maximum atomic E-state index is 4.43. The Morgan fingerprint density at radius 1 is 1.15 bits per heavy atom. The van der Waals surface area contributed by atoms with E-state index in [1.165, 1.54) is 0 Å². The third-order valence-electron chi connectivity index (χ3n) is 3.09. The molecule has 20 heavy (non-hydrogen) atoms. The molecule has 2 aromatic heterocycles. The smallest absolute Gasteiger partial charge is 0.223 e. The van der Waals surface area contributed by atoms with E-state index in [4.69, 9.17) is 0 Å². The van der Waals surface area contributed by atoms with E-state index >= 15 is 0 Å². The molecule has 5 heteroatoms. The third kappa shape index (κ3) is 3.74. The fraction of sp³-hybridized carbons (Fsp3) is 0.400. The zero-order valence-electron chi connectivity index (χ0n) is 12.5. The van der Waals surface area contributed by atoms with Crippen LogP contribution >= 0.6 is 0 Å². The number of likely N-dealkylation sites (N-methyl/N-ethyl adjacent to an activating group) is 1. The Hall–Kier alpha value is -2.01. The second kappa shape index (κ2) is 6.43. The number of hydrogen-bond donors (Lipinski definition) is 1. The van der Waals surface area contributed by atoms with E-state index in [0.717, 1.165) is 17.1 Å². The summed E-state index contributed by atoms with van der Waals surface area (Å²) in [5.41, 5.74) is 2.98. The summed E-state index contributed by atoms with van der Waals surface area (Å²) in [6.07, 6.45) is 1.82. The number of nitrogens with zero attached hydrogens (tertiary/aromatic N) is 4. The lowest BCUT2D eigenvalue weighted by Crippen LogP contribution is -2.28. The molecule has 0 aromatic carbocycles. The number of aromatic nitrogens is 3. The molecule has 1 unspecified atom stereocenters. The lowest BCUT2D eigenvalue weighted by molar-refractivity contribution is 0.305. The van der Waals surface area contributed by atoms with Crippen molar-refractivity contribution in [2.75, 3.05) is 26.0 Å². The molecule has 2 heterocycles. The molecule has 0 bridgehead atoms. The second-order valence-corrected chi connectivity index (χ2v) is 5.09. The molecule has 1 N–H and O–H groups in total. The normalized spacial score (nSPS) is 12.4. The van der Waals surface area contributed by atoms with E-state index in [1.807, 2.05) is 58.4 Å². The van der Waals surface area contributed by atoms with Crippen LogP contribution in [0.5, 0.6) is 0 Å². The molecule has 2 rings (SSSR count). The molecule has 2 aromatic rings. The Morgan fingerprint density at radius 2 is 1.85 bits per heavy atom. The monoisotopic (exact) mass is 271 g/mol. The molecule has 0 saturated heterocycles. The van der Waals surface area contributed by atoms with Crippen LogP contribution in [0.3, 0.4) is 0 Å². The van der Waals surface area contributed by atoms with Gasteiger partial charge in [0.05, 0.1) is 11.7 Å². The van der Waals surface area contributed by atoms with Crippen molar-refractivity contribution in [3.05, 3.63) is 47.5 Å². The number of anilines is 1. The van der Waals surface area contributed by atoms with Gasteiger partial charge in [0.25, 0.3) is 0 Å². The molecule has 1 atom stereocenters. The number of hydrogen-bond acceptors (Lipinski definition) is 5. The van der Waals surface area contributed by atoms with Gasteiger partial charge in [-0.1, -0.05) is 6.07 Å². The maximum absolute atomic E-state index is 4.43. The minimum absolute atomic E-state index is 0.181. The molecule has 0 radical (unpaired) electrons. The molecule has 0 fully saturated rings. The Kier molecular flexibility index (Phi) is 4.63. The van der Waals surface area contributed by atoms with Crippen molar-refractivity contribution >= 4 is 5.95 Å². The van der Waals surface area contributed by atoms with Gasteiger partial charge >= 0.3 is 0 Å². The van der Waals surface area contributed by atoms with Crippen LogP contribution in [0.1, 0.15) is 23.1 Å². The van der Waals surface area contributed by atoms with Crippen LogP contribution < -0.4 is 5.32 Å². The zero-order valence-corrected chi connectivity index (χ0v) is 12.5. The van der Waals surface area contributed by atoms with Gasteiger partial charge in [-0.15, -0.1) is 0 Å². The fourth-order valence-electron chi connectivity index (χ4n) is 2.12. The SMILES string of the molecule is Cc1cc(C)nc(NCC(c2ccccn2)N(C)C)n1. The summed E-state index contributed by atoms with van der Waals surface area (Å²) in [6.45, 7) is 4.66. The number of rotatable bonds is 5. The highest BCUT2D eigenvalue weighted by Gasteiger charge is 2.15. The van der Waals surface area contributed by atoms with E-state index in [-0.39, 0.29) is 6.04 Å². The summed E-state index contributed by atoms with van der Waals surface area (Å²) in [5, 5.41) is 3.30. The molecular formula is C15H21N5. The van der Waals surface area contributed by atoms with E-state index in [2.05, 4.69) is 25.2 Å². The molecule has 0 aliphatic carbocycles. The van der Waals surface area contributed by atoms with Gasteiger partial charge in [0.15, 0.2) is 0 Å². The average molecular weight is 271 g/mol. The summed E-state index contributed by atoms with van der Waals surface area (Å²) in [5.74, 6) is 0.672. The van der Waals surface area contributed by atoms with Gasteiger partial charge in [-0.3, -0.25) is 9.88 Å². The highest BCUT2D eigenvalue weighted by Crippen LogP contribution is 2.16. The first-order valence-corrected chi connectivity index (χ1v) is 6.70. The van der Waals surface area contributed by atoms with Crippen LogP contribution in [0.25, 0.3) is 0 Å². The topological polar surface area (TPSA) is 53.9 Å². The molecule has 0 spiro atoms. The first-order valence-electron chi connectivity index (χ1n) is 6.70. The number of pyridine rings is 1. The summed E-state index contributed by atoms with van der Waals surface area (Å²) < 4.78 is 0. The Morgan fingerprint density at radius 3 is 2.40 bits per heavy atom. The van der Waals surface area contributed by atoms with Gasteiger partial charge in [-0.05, 0) is 46.1 Å². The Bertz CT molecular complexity index is 533. The highest BCUT2D eigenvalue weighted by atomic mass is 15.2. The summed E-state index contributed by atoms with van der Waals surface area (Å²) >= 11 is 0. The molecule has 0 amide bonds. The first-order chi connectivity index (χ1) is 9.56. The molecule has 0 aliphatic rings. The van der Waals surface area contributed by atoms with Crippen LogP contribution in [0.15, 0.2) is 30.5 Å². The van der Waals surface area contributed by atoms with Crippen molar-refractivity contribution in [2.45, 2.75) is 19.9 Å². The van der Waals surface area contributed by atoms with Crippen molar-refractivity contribution in [3.63, 3.8) is 0 Å². The van der Waals surface area contributed by atoms with Crippen LogP contribution in [-0.2, 0) is 0 Å². The number of nitrogens with one attached hydrogen (secondary N) is 1. The van der Waals surface area contributed by atoms with Crippen molar-refractivity contribution in [3.8, 4) is 0 Å². The quantitative estimate of drug-likeness (QED) is 0.903. The predicted molar refractivity (Wildman–Crippen MR) is 80.7 cm³/mol. The minimum atomic E-state index is 0.181.